The van der Waals surface area contributed by atoms with Gasteiger partial charge in [-0.1, -0.05) is 39.8 Å². The Morgan fingerprint density at radius 2 is 1.88 bits per heavy atom. The third kappa shape index (κ3) is 3.70. The highest BCUT2D eigenvalue weighted by atomic mass is 79.9. The van der Waals surface area contributed by atoms with E-state index in [2.05, 4.69) is 32.2 Å². The minimum absolute atomic E-state index is 0.0862. The Morgan fingerprint density at radius 1 is 1.08 bits per heavy atom. The Morgan fingerprint density at radius 3 is 2.72 bits per heavy atom. The molecule has 1 aromatic heterocycles. The number of carbonyl (C=O) groups excluding carboxylic acids is 1. The number of fused-ring (bicyclic) bond motifs is 1. The molecule has 1 heterocycles. The normalized spacial score (nSPS) is 13.0. The number of Topliss-reactive ketones (excluding diaryl/α,β-unsaturated/α-hetero) is 1. The summed E-state index contributed by atoms with van der Waals surface area (Å²) in [5, 5.41) is 8.48. The fraction of sp³-hybridized carbons (Fsp3) is 0.211. The maximum atomic E-state index is 12.4. The lowest BCUT2D eigenvalue weighted by Gasteiger charge is -2.03. The molecule has 4 nitrogen and oxygen atoms in total. The van der Waals surface area contributed by atoms with Crippen molar-refractivity contribution in [1.29, 1.82) is 0 Å². The van der Waals surface area contributed by atoms with Crippen LogP contribution in [0.2, 0.25) is 0 Å². The molecule has 0 fully saturated rings. The number of nitrogens with zero attached hydrogens (tertiary/aromatic N) is 2. The maximum Gasteiger partial charge on any atom is 0.277 e. The molecule has 6 heteroatoms. The van der Waals surface area contributed by atoms with Crippen molar-refractivity contribution in [3.63, 3.8) is 0 Å². The number of thioether (sulfide) groups is 1. The largest absolute Gasteiger partial charge is 0.411 e. The summed E-state index contributed by atoms with van der Waals surface area (Å²) in [6.07, 6.45) is 3.38. The molecule has 1 aliphatic carbocycles. The highest BCUT2D eigenvalue weighted by molar-refractivity contribution is 9.10. The van der Waals surface area contributed by atoms with Gasteiger partial charge in [-0.2, -0.15) is 0 Å². The van der Waals surface area contributed by atoms with Crippen LogP contribution in [-0.2, 0) is 12.8 Å². The molecule has 3 aromatic rings. The van der Waals surface area contributed by atoms with Crippen LogP contribution >= 0.6 is 27.7 Å². The van der Waals surface area contributed by atoms with Gasteiger partial charge in [0, 0.05) is 15.6 Å². The van der Waals surface area contributed by atoms with Gasteiger partial charge in [0.2, 0.25) is 5.89 Å². The smallest absolute Gasteiger partial charge is 0.277 e. The van der Waals surface area contributed by atoms with Crippen LogP contribution in [0, 0.1) is 0 Å². The summed E-state index contributed by atoms with van der Waals surface area (Å²) in [6, 6.07) is 13.7. The highest BCUT2D eigenvalue weighted by Gasteiger charge is 2.16. The number of halogens is 1. The minimum atomic E-state index is 0.0862. The number of hydrogen-bond acceptors (Lipinski definition) is 5. The molecule has 0 bridgehead atoms. The summed E-state index contributed by atoms with van der Waals surface area (Å²) in [5.74, 6) is 0.837. The molecule has 0 aliphatic heterocycles. The molecule has 0 amide bonds. The monoisotopic (exact) mass is 414 g/mol. The fourth-order valence-electron chi connectivity index (χ4n) is 2.93. The van der Waals surface area contributed by atoms with Crippen LogP contribution < -0.4 is 0 Å². The summed E-state index contributed by atoms with van der Waals surface area (Å²) < 4.78 is 6.63. The molecule has 4 rings (SSSR count). The summed E-state index contributed by atoms with van der Waals surface area (Å²) in [5.41, 5.74) is 4.31. The number of ketones is 1. The zero-order valence-corrected chi connectivity index (χ0v) is 15.8. The van der Waals surface area contributed by atoms with Crippen molar-refractivity contribution in [2.24, 2.45) is 0 Å². The van der Waals surface area contributed by atoms with E-state index in [1.165, 1.54) is 29.3 Å². The molecule has 0 saturated heterocycles. The molecule has 2 aromatic carbocycles. The first-order valence-corrected chi connectivity index (χ1v) is 9.84. The van der Waals surface area contributed by atoms with Gasteiger partial charge in [0.25, 0.3) is 5.22 Å². The van der Waals surface area contributed by atoms with E-state index in [1.807, 2.05) is 36.4 Å². The molecule has 0 saturated carbocycles. The van der Waals surface area contributed by atoms with Crippen molar-refractivity contribution in [3.05, 3.63) is 63.6 Å². The van der Waals surface area contributed by atoms with Crippen molar-refractivity contribution >= 4 is 33.5 Å². The van der Waals surface area contributed by atoms with Crippen LogP contribution in [-0.4, -0.2) is 21.7 Å². The molecule has 0 radical (unpaired) electrons. The van der Waals surface area contributed by atoms with E-state index in [9.17, 15) is 4.79 Å². The van der Waals surface area contributed by atoms with Gasteiger partial charge in [0.15, 0.2) is 5.78 Å². The molecular weight excluding hydrogens is 400 g/mol. The summed E-state index contributed by atoms with van der Waals surface area (Å²) in [6.45, 7) is 0. The second kappa shape index (κ2) is 7.14. The molecular formula is C19H15BrN2O2S. The van der Waals surface area contributed by atoms with Gasteiger partial charge in [-0.15, -0.1) is 10.2 Å². The minimum Gasteiger partial charge on any atom is -0.411 e. The highest BCUT2D eigenvalue weighted by Crippen LogP contribution is 2.26. The number of aromatic nitrogens is 2. The lowest BCUT2D eigenvalue weighted by molar-refractivity contribution is 0.102. The molecule has 25 heavy (non-hydrogen) atoms. The van der Waals surface area contributed by atoms with E-state index < -0.39 is 0 Å². The third-order valence-corrected chi connectivity index (χ3v) is 5.59. The van der Waals surface area contributed by atoms with E-state index in [0.717, 1.165) is 28.4 Å². The summed E-state index contributed by atoms with van der Waals surface area (Å²) in [7, 11) is 0. The molecule has 0 unspecified atom stereocenters. The average molecular weight is 415 g/mol. The lowest BCUT2D eigenvalue weighted by atomic mass is 10.0. The first kappa shape index (κ1) is 16.5. The van der Waals surface area contributed by atoms with Gasteiger partial charge >= 0.3 is 0 Å². The Hall–Kier alpha value is -1.92. The molecule has 1 aliphatic rings. The van der Waals surface area contributed by atoms with Gasteiger partial charge < -0.3 is 4.42 Å². The van der Waals surface area contributed by atoms with E-state index in [0.29, 0.717) is 16.9 Å². The standard InChI is InChI=1S/C19H15BrN2O2S/c20-16-8-6-13(7-9-16)18-21-22-19(24-18)25-11-17(23)15-5-4-12-2-1-3-14(12)10-15/h4-10H,1-3,11H2. The summed E-state index contributed by atoms with van der Waals surface area (Å²) in [4.78, 5) is 12.4. The zero-order chi connectivity index (χ0) is 17.2. The van der Waals surface area contributed by atoms with Crippen LogP contribution in [0.1, 0.15) is 27.9 Å². The van der Waals surface area contributed by atoms with E-state index in [1.54, 1.807) is 0 Å². The third-order valence-electron chi connectivity index (χ3n) is 4.24. The van der Waals surface area contributed by atoms with Crippen LogP contribution in [0.5, 0.6) is 0 Å². The van der Waals surface area contributed by atoms with Crippen molar-refractivity contribution in [2.45, 2.75) is 24.5 Å². The zero-order valence-electron chi connectivity index (χ0n) is 13.4. The van der Waals surface area contributed by atoms with Crippen molar-refractivity contribution in [2.75, 3.05) is 5.75 Å². The van der Waals surface area contributed by atoms with Gasteiger partial charge in [-0.05, 0) is 60.7 Å². The Balaban J connectivity index is 1.41. The molecule has 0 N–H and O–H groups in total. The second-order valence-electron chi connectivity index (χ2n) is 5.93. The van der Waals surface area contributed by atoms with E-state index in [-0.39, 0.29) is 5.78 Å². The SMILES string of the molecule is O=C(CSc1nnc(-c2ccc(Br)cc2)o1)c1ccc2c(c1)CCC2. The molecule has 0 spiro atoms. The van der Waals surface area contributed by atoms with Crippen LogP contribution in [0.3, 0.4) is 0 Å². The van der Waals surface area contributed by atoms with Gasteiger partial charge in [0.1, 0.15) is 0 Å². The van der Waals surface area contributed by atoms with Gasteiger partial charge in [-0.3, -0.25) is 4.79 Å². The Kier molecular flexibility index (Phi) is 4.72. The van der Waals surface area contributed by atoms with E-state index in [4.69, 9.17) is 4.42 Å². The Labute approximate surface area is 158 Å². The first-order valence-electron chi connectivity index (χ1n) is 8.06. The van der Waals surface area contributed by atoms with Crippen molar-refractivity contribution < 1.29 is 9.21 Å². The lowest BCUT2D eigenvalue weighted by Crippen LogP contribution is -2.03. The maximum absolute atomic E-state index is 12.4. The van der Waals surface area contributed by atoms with Crippen molar-refractivity contribution in [1.82, 2.24) is 10.2 Å². The number of benzene rings is 2. The van der Waals surface area contributed by atoms with Crippen LogP contribution in [0.15, 0.2) is 56.6 Å². The second-order valence-corrected chi connectivity index (χ2v) is 7.77. The Bertz CT molecular complexity index is 921. The van der Waals surface area contributed by atoms with Gasteiger partial charge in [-0.25, -0.2) is 0 Å². The number of rotatable bonds is 5. The van der Waals surface area contributed by atoms with E-state index >= 15 is 0 Å². The van der Waals surface area contributed by atoms with Crippen LogP contribution in [0.25, 0.3) is 11.5 Å². The predicted molar refractivity (Wildman–Crippen MR) is 101 cm³/mol. The molecule has 126 valence electrons. The van der Waals surface area contributed by atoms with Crippen molar-refractivity contribution in [3.8, 4) is 11.5 Å². The predicted octanol–water partition coefficient (Wildman–Crippen LogP) is 4.96. The average Bonchev–Trinajstić information content (AvgIpc) is 3.29. The number of carbonyl (C=O) groups is 1. The first-order chi connectivity index (χ1) is 12.2. The summed E-state index contributed by atoms with van der Waals surface area (Å²) >= 11 is 4.67. The molecule has 0 atom stereocenters. The van der Waals surface area contributed by atoms with Crippen LogP contribution in [0.4, 0.5) is 0 Å². The van der Waals surface area contributed by atoms with Gasteiger partial charge in [0.05, 0.1) is 5.75 Å². The topological polar surface area (TPSA) is 56.0 Å². The fourth-order valence-corrected chi connectivity index (χ4v) is 3.86. The number of hydrogen-bond donors (Lipinski definition) is 0. The quantitative estimate of drug-likeness (QED) is 0.435. The number of aryl methyl sites for hydroxylation is 2.